The van der Waals surface area contributed by atoms with Gasteiger partial charge >= 0.3 is 0 Å². The number of hydrogen-bond donors (Lipinski definition) is 0. The van der Waals surface area contributed by atoms with Crippen LogP contribution in [0.3, 0.4) is 0 Å². The predicted molar refractivity (Wildman–Crippen MR) is 105 cm³/mol. The molecule has 1 amide bonds. The molecule has 132 valence electrons. The van der Waals surface area contributed by atoms with Crippen molar-refractivity contribution in [2.24, 2.45) is 0 Å². The minimum absolute atomic E-state index is 0.0382. The summed E-state index contributed by atoms with van der Waals surface area (Å²) in [6.07, 6.45) is 3.54. The fraction of sp³-hybridized carbons (Fsp3) is 0.182. The normalized spacial score (nSPS) is 12.0. The van der Waals surface area contributed by atoms with Crippen molar-refractivity contribution in [3.05, 3.63) is 96.3 Å². The topological polar surface area (TPSA) is 36.4 Å². The van der Waals surface area contributed by atoms with Gasteiger partial charge in [0.2, 0.25) is 5.91 Å². The molecular formula is C22H23N3O. The highest BCUT2D eigenvalue weighted by molar-refractivity contribution is 5.97. The zero-order chi connectivity index (χ0) is 18.4. The average Bonchev–Trinajstić information content (AvgIpc) is 2.68. The molecule has 0 saturated carbocycles. The second kappa shape index (κ2) is 8.41. The van der Waals surface area contributed by atoms with Crippen LogP contribution in [0.25, 0.3) is 0 Å². The van der Waals surface area contributed by atoms with Gasteiger partial charge in [-0.25, -0.2) is 0 Å². The summed E-state index contributed by atoms with van der Waals surface area (Å²) in [6.45, 7) is 0.480. The first-order valence-electron chi connectivity index (χ1n) is 8.63. The average molecular weight is 345 g/mol. The fourth-order valence-electron chi connectivity index (χ4n) is 3.02. The van der Waals surface area contributed by atoms with Crippen LogP contribution in [0.15, 0.2) is 85.2 Å². The van der Waals surface area contributed by atoms with Crippen molar-refractivity contribution in [3.63, 3.8) is 0 Å². The van der Waals surface area contributed by atoms with Crippen LogP contribution in [-0.2, 0) is 11.3 Å². The summed E-state index contributed by atoms with van der Waals surface area (Å²) >= 11 is 0. The van der Waals surface area contributed by atoms with Crippen LogP contribution in [0, 0.1) is 0 Å². The fourth-order valence-corrected chi connectivity index (χ4v) is 3.02. The molecule has 4 heteroatoms. The van der Waals surface area contributed by atoms with E-state index in [9.17, 15) is 4.79 Å². The van der Waals surface area contributed by atoms with Crippen molar-refractivity contribution >= 4 is 11.6 Å². The SMILES string of the molecule is CN(C)C(C(=O)N(Cc1cccnc1)c1ccccc1)c1ccccc1. The lowest BCUT2D eigenvalue weighted by Crippen LogP contribution is -2.40. The van der Waals surface area contributed by atoms with Gasteiger partial charge in [0.25, 0.3) is 0 Å². The molecule has 1 atom stereocenters. The molecule has 0 fully saturated rings. The Morgan fingerprint density at radius 1 is 0.923 bits per heavy atom. The number of likely N-dealkylation sites (N-methyl/N-ethyl adjacent to an activating group) is 1. The molecule has 4 nitrogen and oxygen atoms in total. The van der Waals surface area contributed by atoms with Crippen molar-refractivity contribution in [3.8, 4) is 0 Å². The maximum Gasteiger partial charge on any atom is 0.249 e. The number of benzene rings is 2. The molecule has 0 N–H and O–H groups in total. The van der Waals surface area contributed by atoms with Crippen molar-refractivity contribution in [1.29, 1.82) is 0 Å². The van der Waals surface area contributed by atoms with Crippen molar-refractivity contribution in [2.75, 3.05) is 19.0 Å². The molecule has 0 bridgehead atoms. The van der Waals surface area contributed by atoms with E-state index in [1.807, 2.05) is 96.7 Å². The molecule has 2 aromatic carbocycles. The molecule has 3 rings (SSSR count). The van der Waals surface area contributed by atoms with Crippen LogP contribution in [-0.4, -0.2) is 29.9 Å². The number of rotatable bonds is 6. The Morgan fingerprint density at radius 3 is 2.15 bits per heavy atom. The Morgan fingerprint density at radius 2 is 1.58 bits per heavy atom. The van der Waals surface area contributed by atoms with Gasteiger partial charge in [-0.3, -0.25) is 14.7 Å². The highest BCUT2D eigenvalue weighted by Crippen LogP contribution is 2.26. The van der Waals surface area contributed by atoms with Crippen molar-refractivity contribution in [2.45, 2.75) is 12.6 Å². The van der Waals surface area contributed by atoms with Crippen LogP contribution >= 0.6 is 0 Å². The lowest BCUT2D eigenvalue weighted by molar-refractivity contribution is -0.123. The van der Waals surface area contributed by atoms with Crippen LogP contribution in [0.1, 0.15) is 17.2 Å². The Labute approximate surface area is 154 Å². The Hall–Kier alpha value is -2.98. The Bertz CT molecular complexity index is 820. The lowest BCUT2D eigenvalue weighted by Gasteiger charge is -2.31. The van der Waals surface area contributed by atoms with Crippen molar-refractivity contribution in [1.82, 2.24) is 9.88 Å². The van der Waals surface area contributed by atoms with Crippen LogP contribution in [0.2, 0.25) is 0 Å². The number of carbonyl (C=O) groups is 1. The monoisotopic (exact) mass is 345 g/mol. The van der Waals surface area contributed by atoms with E-state index in [4.69, 9.17) is 0 Å². The van der Waals surface area contributed by atoms with Gasteiger partial charge in [-0.2, -0.15) is 0 Å². The zero-order valence-electron chi connectivity index (χ0n) is 15.1. The van der Waals surface area contributed by atoms with Crippen LogP contribution in [0.4, 0.5) is 5.69 Å². The quantitative estimate of drug-likeness (QED) is 0.679. The molecular weight excluding hydrogens is 322 g/mol. The minimum atomic E-state index is -0.354. The molecule has 0 radical (unpaired) electrons. The van der Waals surface area contributed by atoms with Crippen LogP contribution < -0.4 is 4.90 Å². The third-order valence-electron chi connectivity index (χ3n) is 4.26. The van der Waals surface area contributed by atoms with E-state index in [-0.39, 0.29) is 11.9 Å². The van der Waals surface area contributed by atoms with Gasteiger partial charge in [0.1, 0.15) is 6.04 Å². The highest BCUT2D eigenvalue weighted by atomic mass is 16.2. The number of carbonyl (C=O) groups excluding carboxylic acids is 1. The number of hydrogen-bond acceptors (Lipinski definition) is 3. The summed E-state index contributed by atoms with van der Waals surface area (Å²) in [7, 11) is 3.87. The molecule has 1 unspecified atom stereocenters. The Balaban J connectivity index is 1.98. The molecule has 1 heterocycles. The van der Waals surface area contributed by atoms with E-state index in [0.717, 1.165) is 16.8 Å². The van der Waals surface area contributed by atoms with Crippen molar-refractivity contribution < 1.29 is 4.79 Å². The summed E-state index contributed by atoms with van der Waals surface area (Å²) in [6, 6.07) is 23.2. The standard InChI is InChI=1S/C22H23N3O/c1-24(2)21(19-11-5-3-6-12-19)22(26)25(20-13-7-4-8-14-20)17-18-10-9-15-23-16-18/h3-16,21H,17H2,1-2H3. The molecule has 0 aliphatic carbocycles. The molecule has 3 aromatic rings. The molecule has 0 aliphatic heterocycles. The first-order chi connectivity index (χ1) is 12.7. The lowest BCUT2D eigenvalue weighted by atomic mass is 10.0. The highest BCUT2D eigenvalue weighted by Gasteiger charge is 2.28. The first-order valence-corrected chi connectivity index (χ1v) is 8.63. The number of nitrogens with zero attached hydrogens (tertiary/aromatic N) is 3. The van der Waals surface area contributed by atoms with Gasteiger partial charge in [-0.05, 0) is 43.4 Å². The summed E-state index contributed by atoms with van der Waals surface area (Å²) < 4.78 is 0. The predicted octanol–water partition coefficient (Wildman–Crippen LogP) is 3.92. The van der Waals surface area contributed by atoms with E-state index in [1.54, 1.807) is 12.4 Å². The number of para-hydroxylation sites is 1. The zero-order valence-corrected chi connectivity index (χ0v) is 15.1. The smallest absolute Gasteiger partial charge is 0.249 e. The van der Waals surface area contributed by atoms with Gasteiger partial charge in [-0.1, -0.05) is 54.6 Å². The molecule has 26 heavy (non-hydrogen) atoms. The van der Waals surface area contributed by atoms with E-state index in [1.165, 1.54) is 0 Å². The number of aromatic nitrogens is 1. The number of anilines is 1. The number of pyridine rings is 1. The molecule has 0 saturated heterocycles. The molecule has 1 aromatic heterocycles. The maximum atomic E-state index is 13.6. The van der Waals surface area contributed by atoms with Gasteiger partial charge in [0.15, 0.2) is 0 Å². The number of amides is 1. The van der Waals surface area contributed by atoms with Gasteiger partial charge in [0, 0.05) is 18.1 Å². The van der Waals surface area contributed by atoms with Gasteiger partial charge < -0.3 is 4.90 Å². The largest absolute Gasteiger partial charge is 0.306 e. The first kappa shape index (κ1) is 17.8. The summed E-state index contributed by atoms with van der Waals surface area (Å²) in [5.74, 6) is 0.0382. The van der Waals surface area contributed by atoms with E-state index in [2.05, 4.69) is 4.98 Å². The third kappa shape index (κ3) is 4.16. The van der Waals surface area contributed by atoms with E-state index >= 15 is 0 Å². The maximum absolute atomic E-state index is 13.6. The molecule has 0 spiro atoms. The second-order valence-electron chi connectivity index (χ2n) is 6.40. The third-order valence-corrected chi connectivity index (χ3v) is 4.26. The minimum Gasteiger partial charge on any atom is -0.306 e. The van der Waals surface area contributed by atoms with E-state index < -0.39 is 0 Å². The summed E-state index contributed by atoms with van der Waals surface area (Å²) in [5.41, 5.74) is 2.86. The van der Waals surface area contributed by atoms with Gasteiger partial charge in [-0.15, -0.1) is 0 Å². The van der Waals surface area contributed by atoms with E-state index in [0.29, 0.717) is 6.54 Å². The van der Waals surface area contributed by atoms with Crippen LogP contribution in [0.5, 0.6) is 0 Å². The molecule has 0 aliphatic rings. The second-order valence-corrected chi connectivity index (χ2v) is 6.40. The van der Waals surface area contributed by atoms with Gasteiger partial charge in [0.05, 0.1) is 6.54 Å². The Kier molecular flexibility index (Phi) is 5.77. The summed E-state index contributed by atoms with van der Waals surface area (Å²) in [5, 5.41) is 0. The summed E-state index contributed by atoms with van der Waals surface area (Å²) in [4.78, 5) is 21.5.